The Bertz CT molecular complexity index is 327. The molecule has 2 nitrogen and oxygen atoms in total. The fourth-order valence-corrected chi connectivity index (χ4v) is 2.34. The number of nitrogens with one attached hydrogen (secondary N) is 1. The van der Waals surface area contributed by atoms with Gasteiger partial charge in [0.05, 0.1) is 0 Å². The van der Waals surface area contributed by atoms with Crippen LogP contribution in [-0.2, 0) is 0 Å². The van der Waals surface area contributed by atoms with Gasteiger partial charge in [-0.05, 0) is 42.9 Å². The number of aliphatic hydroxyl groups is 1. The molecule has 2 N–H and O–H groups in total. The zero-order chi connectivity index (χ0) is 11.4. The lowest BCUT2D eigenvalue weighted by Gasteiger charge is -2.20. The van der Waals surface area contributed by atoms with E-state index in [1.54, 1.807) is 0 Å². The van der Waals surface area contributed by atoms with Crippen molar-refractivity contribution < 1.29 is 5.11 Å². The minimum absolute atomic E-state index is 0.247. The van der Waals surface area contributed by atoms with Crippen molar-refractivity contribution in [1.29, 1.82) is 0 Å². The first-order valence-corrected chi connectivity index (χ1v) is 6.30. The summed E-state index contributed by atoms with van der Waals surface area (Å²) in [5.74, 6) is 0.774. The SMILES string of the molecule is CCNC(CCO)c1ccccc1C1CC1. The van der Waals surface area contributed by atoms with Crippen molar-refractivity contribution in [2.24, 2.45) is 0 Å². The summed E-state index contributed by atoms with van der Waals surface area (Å²) in [6.45, 7) is 3.31. The second-order valence-corrected chi connectivity index (χ2v) is 4.53. The molecular weight excluding hydrogens is 198 g/mol. The zero-order valence-electron chi connectivity index (χ0n) is 9.95. The van der Waals surface area contributed by atoms with Crippen LogP contribution in [0.25, 0.3) is 0 Å². The molecule has 0 bridgehead atoms. The molecule has 0 heterocycles. The summed E-state index contributed by atoms with van der Waals surface area (Å²) >= 11 is 0. The van der Waals surface area contributed by atoms with E-state index < -0.39 is 0 Å². The Kier molecular flexibility index (Phi) is 3.97. The molecule has 1 aromatic carbocycles. The van der Waals surface area contributed by atoms with Gasteiger partial charge in [-0.25, -0.2) is 0 Å². The number of rotatable bonds is 6. The Balaban J connectivity index is 2.20. The minimum Gasteiger partial charge on any atom is -0.396 e. The van der Waals surface area contributed by atoms with Crippen molar-refractivity contribution in [1.82, 2.24) is 5.32 Å². The molecule has 0 radical (unpaired) electrons. The van der Waals surface area contributed by atoms with Crippen LogP contribution in [0.5, 0.6) is 0 Å². The molecule has 2 rings (SSSR count). The molecule has 88 valence electrons. The van der Waals surface area contributed by atoms with E-state index in [4.69, 9.17) is 5.11 Å². The van der Waals surface area contributed by atoms with Gasteiger partial charge in [0, 0.05) is 12.6 Å². The van der Waals surface area contributed by atoms with Crippen LogP contribution in [0.3, 0.4) is 0 Å². The van der Waals surface area contributed by atoms with Gasteiger partial charge in [-0.1, -0.05) is 31.2 Å². The van der Waals surface area contributed by atoms with E-state index in [1.807, 2.05) is 0 Å². The van der Waals surface area contributed by atoms with E-state index in [-0.39, 0.29) is 6.61 Å². The summed E-state index contributed by atoms with van der Waals surface area (Å²) in [7, 11) is 0. The lowest BCUT2D eigenvalue weighted by molar-refractivity contribution is 0.266. The van der Waals surface area contributed by atoms with Crippen molar-refractivity contribution >= 4 is 0 Å². The Morgan fingerprint density at radius 3 is 2.75 bits per heavy atom. The molecule has 1 fully saturated rings. The van der Waals surface area contributed by atoms with Crippen molar-refractivity contribution in [3.05, 3.63) is 35.4 Å². The Hall–Kier alpha value is -0.860. The van der Waals surface area contributed by atoms with Crippen LogP contribution in [0.15, 0.2) is 24.3 Å². The maximum Gasteiger partial charge on any atom is 0.0449 e. The molecule has 0 saturated heterocycles. The molecule has 2 heteroatoms. The third kappa shape index (κ3) is 2.63. The highest BCUT2D eigenvalue weighted by atomic mass is 16.3. The molecule has 1 atom stereocenters. The monoisotopic (exact) mass is 219 g/mol. The van der Waals surface area contributed by atoms with Crippen LogP contribution in [-0.4, -0.2) is 18.3 Å². The Morgan fingerprint density at radius 1 is 1.38 bits per heavy atom. The predicted molar refractivity (Wildman–Crippen MR) is 66.5 cm³/mol. The van der Waals surface area contributed by atoms with Crippen molar-refractivity contribution in [3.63, 3.8) is 0 Å². The molecule has 1 saturated carbocycles. The highest BCUT2D eigenvalue weighted by Crippen LogP contribution is 2.43. The van der Waals surface area contributed by atoms with E-state index in [1.165, 1.54) is 24.0 Å². The fourth-order valence-electron chi connectivity index (χ4n) is 2.34. The first kappa shape index (κ1) is 11.6. The normalized spacial score (nSPS) is 17.4. The quantitative estimate of drug-likeness (QED) is 0.771. The summed E-state index contributed by atoms with van der Waals surface area (Å²) < 4.78 is 0. The van der Waals surface area contributed by atoms with Gasteiger partial charge in [-0.15, -0.1) is 0 Å². The lowest BCUT2D eigenvalue weighted by atomic mass is 9.95. The van der Waals surface area contributed by atoms with Gasteiger partial charge in [-0.2, -0.15) is 0 Å². The summed E-state index contributed by atoms with van der Waals surface area (Å²) in [6, 6.07) is 8.99. The lowest BCUT2D eigenvalue weighted by Crippen LogP contribution is -2.23. The Morgan fingerprint density at radius 2 is 2.12 bits per heavy atom. The highest BCUT2D eigenvalue weighted by Gasteiger charge is 2.27. The molecule has 0 aromatic heterocycles. The number of benzene rings is 1. The van der Waals surface area contributed by atoms with E-state index in [2.05, 4.69) is 36.5 Å². The van der Waals surface area contributed by atoms with Crippen LogP contribution in [0, 0.1) is 0 Å². The summed E-state index contributed by atoms with van der Waals surface area (Å²) in [6.07, 6.45) is 3.46. The van der Waals surface area contributed by atoms with E-state index in [9.17, 15) is 0 Å². The van der Waals surface area contributed by atoms with Crippen LogP contribution in [0.2, 0.25) is 0 Å². The van der Waals surface area contributed by atoms with E-state index in [0.29, 0.717) is 6.04 Å². The van der Waals surface area contributed by atoms with Crippen LogP contribution >= 0.6 is 0 Å². The van der Waals surface area contributed by atoms with Gasteiger partial charge in [-0.3, -0.25) is 0 Å². The minimum atomic E-state index is 0.247. The van der Waals surface area contributed by atoms with Crippen LogP contribution in [0.1, 0.15) is 49.3 Å². The topological polar surface area (TPSA) is 32.3 Å². The summed E-state index contributed by atoms with van der Waals surface area (Å²) in [4.78, 5) is 0. The molecule has 1 aromatic rings. The van der Waals surface area contributed by atoms with Gasteiger partial charge in [0.25, 0.3) is 0 Å². The predicted octanol–water partition coefficient (Wildman–Crippen LogP) is 2.60. The van der Waals surface area contributed by atoms with Gasteiger partial charge >= 0.3 is 0 Å². The van der Waals surface area contributed by atoms with Crippen molar-refractivity contribution in [2.75, 3.05) is 13.2 Å². The number of hydrogen-bond donors (Lipinski definition) is 2. The van der Waals surface area contributed by atoms with Gasteiger partial charge in [0.2, 0.25) is 0 Å². The molecule has 0 spiro atoms. The van der Waals surface area contributed by atoms with E-state index in [0.717, 1.165) is 18.9 Å². The average Bonchev–Trinajstić information content (AvgIpc) is 3.13. The van der Waals surface area contributed by atoms with Crippen LogP contribution < -0.4 is 5.32 Å². The second-order valence-electron chi connectivity index (χ2n) is 4.53. The second kappa shape index (κ2) is 5.46. The first-order valence-electron chi connectivity index (χ1n) is 6.30. The van der Waals surface area contributed by atoms with Crippen LogP contribution in [0.4, 0.5) is 0 Å². The smallest absolute Gasteiger partial charge is 0.0449 e. The van der Waals surface area contributed by atoms with Crippen molar-refractivity contribution in [3.8, 4) is 0 Å². The first-order chi connectivity index (χ1) is 7.86. The van der Waals surface area contributed by atoms with Gasteiger partial charge in [0.1, 0.15) is 0 Å². The molecule has 0 amide bonds. The molecule has 1 aliphatic rings. The Labute approximate surface area is 97.7 Å². The maximum absolute atomic E-state index is 9.13. The van der Waals surface area contributed by atoms with Gasteiger partial charge in [0.15, 0.2) is 0 Å². The third-order valence-corrected chi connectivity index (χ3v) is 3.26. The third-order valence-electron chi connectivity index (χ3n) is 3.26. The molecular formula is C14H21NO. The highest BCUT2D eigenvalue weighted by molar-refractivity contribution is 5.35. The zero-order valence-corrected chi connectivity index (χ0v) is 9.95. The summed E-state index contributed by atoms with van der Waals surface area (Å²) in [5, 5.41) is 12.6. The molecule has 16 heavy (non-hydrogen) atoms. The summed E-state index contributed by atoms with van der Waals surface area (Å²) in [5.41, 5.74) is 2.88. The average molecular weight is 219 g/mol. The maximum atomic E-state index is 9.13. The van der Waals surface area contributed by atoms with Gasteiger partial charge < -0.3 is 10.4 Å². The van der Waals surface area contributed by atoms with E-state index >= 15 is 0 Å². The molecule has 0 aliphatic heterocycles. The standard InChI is InChI=1S/C14H21NO/c1-2-15-14(9-10-16)13-6-4-3-5-12(13)11-7-8-11/h3-6,11,14-16H,2,7-10H2,1H3. The largest absolute Gasteiger partial charge is 0.396 e. The number of hydrogen-bond acceptors (Lipinski definition) is 2. The number of aliphatic hydroxyl groups excluding tert-OH is 1. The molecule has 1 unspecified atom stereocenters. The van der Waals surface area contributed by atoms with Crippen molar-refractivity contribution in [2.45, 2.75) is 38.1 Å². The fraction of sp³-hybridized carbons (Fsp3) is 0.571. The molecule has 1 aliphatic carbocycles.